The van der Waals surface area contributed by atoms with Crippen LogP contribution in [0.4, 0.5) is 5.69 Å². The number of hydrogen-bond acceptors (Lipinski definition) is 2. The minimum Gasteiger partial charge on any atom is -0.353 e. The molecule has 0 aliphatic rings. The van der Waals surface area contributed by atoms with Gasteiger partial charge in [0, 0.05) is 24.6 Å². The Morgan fingerprint density at radius 3 is 2.19 bits per heavy atom. The standard InChI is InChI=1S/C21H27BrN2O2/c1-7-14-9-16(12(3)4)10-15(8-2)19(14)23-21(26)17-11-24(6)13(5)18(22)20(17)25/h9-12H,7-8H2,1-6H3,(H,23,26). The lowest BCUT2D eigenvalue weighted by Gasteiger charge is -2.18. The van der Waals surface area contributed by atoms with Gasteiger partial charge in [0.1, 0.15) is 5.56 Å². The third kappa shape index (κ3) is 3.93. The number of nitrogens with zero attached hydrogens (tertiary/aromatic N) is 1. The Balaban J connectivity index is 2.52. The number of nitrogens with one attached hydrogen (secondary N) is 1. The van der Waals surface area contributed by atoms with E-state index < -0.39 is 0 Å². The maximum absolute atomic E-state index is 12.9. The van der Waals surface area contributed by atoms with Crippen molar-refractivity contribution in [2.45, 2.75) is 53.4 Å². The number of anilines is 1. The molecule has 2 aromatic rings. The summed E-state index contributed by atoms with van der Waals surface area (Å²) in [6.07, 6.45) is 3.23. The number of carbonyl (C=O) groups is 1. The Morgan fingerprint density at radius 2 is 1.73 bits per heavy atom. The molecule has 4 nitrogen and oxygen atoms in total. The van der Waals surface area contributed by atoms with Crippen molar-refractivity contribution in [1.29, 1.82) is 0 Å². The average Bonchev–Trinajstić information content (AvgIpc) is 2.62. The van der Waals surface area contributed by atoms with E-state index in [0.29, 0.717) is 10.4 Å². The summed E-state index contributed by atoms with van der Waals surface area (Å²) in [6, 6.07) is 4.31. The Kier molecular flexibility index (Phi) is 6.45. The van der Waals surface area contributed by atoms with Gasteiger partial charge in [-0.3, -0.25) is 9.59 Å². The van der Waals surface area contributed by atoms with Crippen LogP contribution < -0.4 is 10.7 Å². The van der Waals surface area contributed by atoms with E-state index in [0.717, 1.165) is 35.3 Å². The summed E-state index contributed by atoms with van der Waals surface area (Å²) in [6.45, 7) is 10.3. The number of aryl methyl sites for hydroxylation is 3. The van der Waals surface area contributed by atoms with E-state index in [9.17, 15) is 9.59 Å². The summed E-state index contributed by atoms with van der Waals surface area (Å²) in [4.78, 5) is 25.4. The lowest BCUT2D eigenvalue weighted by molar-refractivity contribution is 0.102. The molecule has 0 atom stereocenters. The SMILES string of the molecule is CCc1cc(C(C)C)cc(CC)c1NC(=O)c1cn(C)c(C)c(Br)c1=O. The molecule has 0 unspecified atom stereocenters. The Bertz CT molecular complexity index is 873. The molecule has 0 bridgehead atoms. The zero-order chi connectivity index (χ0) is 19.6. The fourth-order valence-corrected chi connectivity index (χ4v) is 3.47. The molecule has 5 heteroatoms. The van der Waals surface area contributed by atoms with E-state index >= 15 is 0 Å². The third-order valence-corrected chi connectivity index (χ3v) is 5.78. The lowest BCUT2D eigenvalue weighted by atomic mass is 9.93. The van der Waals surface area contributed by atoms with Gasteiger partial charge in [-0.25, -0.2) is 0 Å². The van der Waals surface area contributed by atoms with Crippen molar-refractivity contribution in [3.8, 4) is 0 Å². The smallest absolute Gasteiger partial charge is 0.261 e. The van der Waals surface area contributed by atoms with Crippen LogP contribution in [0, 0.1) is 6.92 Å². The van der Waals surface area contributed by atoms with Gasteiger partial charge in [-0.15, -0.1) is 0 Å². The molecule has 0 aliphatic heterocycles. The van der Waals surface area contributed by atoms with Gasteiger partial charge in [-0.1, -0.05) is 39.8 Å². The molecular formula is C21H27BrN2O2. The first-order chi connectivity index (χ1) is 12.2. The quantitative estimate of drug-likeness (QED) is 0.745. The zero-order valence-electron chi connectivity index (χ0n) is 16.4. The number of carbonyl (C=O) groups excluding carboxylic acids is 1. The normalized spacial score (nSPS) is 11.1. The van der Waals surface area contributed by atoms with Crippen LogP contribution in [0.25, 0.3) is 0 Å². The summed E-state index contributed by atoms with van der Waals surface area (Å²) in [5, 5.41) is 3.01. The number of rotatable bonds is 5. The fourth-order valence-electron chi connectivity index (χ4n) is 2.98. The van der Waals surface area contributed by atoms with Gasteiger partial charge in [0.15, 0.2) is 0 Å². The number of hydrogen-bond donors (Lipinski definition) is 1. The first kappa shape index (κ1) is 20.4. The number of aromatic nitrogens is 1. The Labute approximate surface area is 163 Å². The average molecular weight is 419 g/mol. The number of benzene rings is 1. The van der Waals surface area contributed by atoms with Crippen LogP contribution >= 0.6 is 15.9 Å². The highest BCUT2D eigenvalue weighted by atomic mass is 79.9. The van der Waals surface area contributed by atoms with Crippen molar-refractivity contribution in [1.82, 2.24) is 4.57 Å². The highest BCUT2D eigenvalue weighted by Crippen LogP contribution is 2.28. The van der Waals surface area contributed by atoms with Crippen molar-refractivity contribution < 1.29 is 4.79 Å². The fraction of sp³-hybridized carbons (Fsp3) is 0.429. The predicted octanol–water partition coefficient (Wildman–Crippen LogP) is 4.96. The maximum atomic E-state index is 12.9. The minimum atomic E-state index is -0.368. The van der Waals surface area contributed by atoms with Gasteiger partial charge in [-0.2, -0.15) is 0 Å². The molecule has 0 aliphatic carbocycles. The molecule has 1 amide bonds. The summed E-state index contributed by atoms with van der Waals surface area (Å²) in [5.41, 5.74) is 4.95. The summed E-state index contributed by atoms with van der Waals surface area (Å²) in [5.74, 6) is 0.0590. The van der Waals surface area contributed by atoms with E-state index in [1.165, 1.54) is 5.56 Å². The first-order valence-electron chi connectivity index (χ1n) is 9.03. The van der Waals surface area contributed by atoms with Crippen molar-refractivity contribution >= 4 is 27.5 Å². The molecule has 0 spiro atoms. The second-order valence-corrected chi connectivity index (χ2v) is 7.71. The predicted molar refractivity (Wildman–Crippen MR) is 111 cm³/mol. The number of pyridine rings is 1. The largest absolute Gasteiger partial charge is 0.353 e. The number of halogens is 1. The topological polar surface area (TPSA) is 51.1 Å². The second-order valence-electron chi connectivity index (χ2n) is 6.91. The van der Waals surface area contributed by atoms with Gasteiger partial charge in [-0.05, 0) is 58.3 Å². The molecule has 0 saturated carbocycles. The van der Waals surface area contributed by atoms with Crippen LogP contribution in [-0.2, 0) is 19.9 Å². The first-order valence-corrected chi connectivity index (χ1v) is 9.83. The van der Waals surface area contributed by atoms with Crippen LogP contribution in [0.2, 0.25) is 0 Å². The maximum Gasteiger partial charge on any atom is 0.261 e. The van der Waals surface area contributed by atoms with Crippen LogP contribution in [0.5, 0.6) is 0 Å². The number of amides is 1. The Hall–Kier alpha value is -1.88. The van der Waals surface area contributed by atoms with Gasteiger partial charge < -0.3 is 9.88 Å². The van der Waals surface area contributed by atoms with E-state index in [-0.39, 0.29) is 16.9 Å². The molecule has 2 rings (SSSR count). The van der Waals surface area contributed by atoms with Crippen molar-refractivity contribution in [3.05, 3.63) is 61.0 Å². The summed E-state index contributed by atoms with van der Waals surface area (Å²) >= 11 is 3.30. The molecule has 26 heavy (non-hydrogen) atoms. The second kappa shape index (κ2) is 8.21. The van der Waals surface area contributed by atoms with E-state index in [1.807, 2.05) is 14.0 Å². The van der Waals surface area contributed by atoms with Crippen molar-refractivity contribution in [2.24, 2.45) is 7.05 Å². The van der Waals surface area contributed by atoms with E-state index in [2.05, 4.69) is 61.1 Å². The molecule has 0 saturated heterocycles. The molecule has 140 valence electrons. The van der Waals surface area contributed by atoms with Crippen LogP contribution in [0.3, 0.4) is 0 Å². The van der Waals surface area contributed by atoms with E-state index in [1.54, 1.807) is 10.8 Å². The van der Waals surface area contributed by atoms with Gasteiger partial charge in [0.2, 0.25) is 5.43 Å². The highest BCUT2D eigenvalue weighted by molar-refractivity contribution is 9.10. The molecule has 0 radical (unpaired) electrons. The molecule has 1 aromatic heterocycles. The van der Waals surface area contributed by atoms with Crippen molar-refractivity contribution in [2.75, 3.05) is 5.32 Å². The van der Waals surface area contributed by atoms with Crippen LogP contribution in [0.15, 0.2) is 27.6 Å². The minimum absolute atomic E-state index is 0.141. The molecule has 1 aromatic carbocycles. The molecule has 1 N–H and O–H groups in total. The van der Waals surface area contributed by atoms with Gasteiger partial charge in [0.25, 0.3) is 5.91 Å². The third-order valence-electron chi connectivity index (χ3n) is 4.85. The van der Waals surface area contributed by atoms with E-state index in [4.69, 9.17) is 0 Å². The van der Waals surface area contributed by atoms with Crippen LogP contribution in [0.1, 0.15) is 66.4 Å². The molecular weight excluding hydrogens is 392 g/mol. The van der Waals surface area contributed by atoms with Gasteiger partial charge in [0.05, 0.1) is 4.47 Å². The monoisotopic (exact) mass is 418 g/mol. The van der Waals surface area contributed by atoms with Gasteiger partial charge >= 0.3 is 0 Å². The van der Waals surface area contributed by atoms with Crippen LogP contribution in [-0.4, -0.2) is 10.5 Å². The summed E-state index contributed by atoms with van der Waals surface area (Å²) in [7, 11) is 1.82. The summed E-state index contributed by atoms with van der Waals surface area (Å²) < 4.78 is 2.21. The molecule has 1 heterocycles. The Morgan fingerprint density at radius 1 is 1.19 bits per heavy atom. The highest BCUT2D eigenvalue weighted by Gasteiger charge is 2.19. The molecule has 0 fully saturated rings. The lowest BCUT2D eigenvalue weighted by Crippen LogP contribution is -2.25. The zero-order valence-corrected chi connectivity index (χ0v) is 18.0. The van der Waals surface area contributed by atoms with Crippen molar-refractivity contribution in [3.63, 3.8) is 0 Å².